The van der Waals surface area contributed by atoms with Crippen molar-refractivity contribution in [2.45, 2.75) is 13.8 Å². The van der Waals surface area contributed by atoms with Crippen molar-refractivity contribution in [2.24, 2.45) is 9.98 Å². The molecule has 0 saturated carbocycles. The smallest absolute Gasteiger partial charge is 0.364 e. The average Bonchev–Trinajstić information content (AvgIpc) is 3.47. The molecule has 0 saturated heterocycles. The first kappa shape index (κ1) is 27.4. The minimum Gasteiger partial charge on any atom is -0.403 e. The number of carbonyl (C=O) groups is 2. The summed E-state index contributed by atoms with van der Waals surface area (Å²) >= 11 is 6.78. The van der Waals surface area contributed by atoms with Crippen LogP contribution in [0.5, 0.6) is 0 Å². The zero-order valence-electron chi connectivity index (χ0n) is 21.5. The molecule has 8 heteroatoms. The Morgan fingerprint density at radius 1 is 0.600 bits per heavy atom. The number of aliphatic imine (C=N–C) groups is 2. The van der Waals surface area contributed by atoms with Crippen molar-refractivity contribution >= 4 is 67.4 Å². The van der Waals surface area contributed by atoms with Crippen molar-refractivity contribution in [1.29, 1.82) is 0 Å². The van der Waals surface area contributed by atoms with E-state index in [-0.39, 0.29) is 23.2 Å². The summed E-state index contributed by atoms with van der Waals surface area (Å²) in [6, 6.07) is 22.7. The van der Waals surface area contributed by atoms with E-state index in [4.69, 9.17) is 9.47 Å². The second-order valence-corrected chi connectivity index (χ2v) is 11.0. The van der Waals surface area contributed by atoms with Crippen LogP contribution in [-0.2, 0) is 19.1 Å². The van der Waals surface area contributed by atoms with Crippen molar-refractivity contribution in [3.8, 4) is 0 Å². The average molecular weight is 658 g/mol. The molecule has 0 bridgehead atoms. The lowest BCUT2D eigenvalue weighted by atomic mass is 10.1. The monoisotopic (exact) mass is 656 g/mol. The SMILES string of the molecule is CC(/C=C1/N=C(c2ccc(Br)cc2)C(=O)O1)=C\c1ccc(/C=C(C)/C=C2/N=C(c3ccc(Br)cc3)C(=O)O2)cc1. The Balaban J connectivity index is 1.26. The van der Waals surface area contributed by atoms with Gasteiger partial charge in [-0.2, -0.15) is 0 Å². The van der Waals surface area contributed by atoms with Gasteiger partial charge in [0.1, 0.15) is 0 Å². The molecule has 198 valence electrons. The van der Waals surface area contributed by atoms with Gasteiger partial charge in [-0.3, -0.25) is 0 Å². The molecule has 3 aromatic carbocycles. The number of cyclic esters (lactones) is 2. The van der Waals surface area contributed by atoms with Gasteiger partial charge in [0.15, 0.2) is 11.4 Å². The lowest BCUT2D eigenvalue weighted by Gasteiger charge is -2.00. The number of hydrogen-bond acceptors (Lipinski definition) is 6. The third-order valence-corrected chi connectivity index (χ3v) is 6.95. The predicted octanol–water partition coefficient (Wildman–Crippen LogP) is 7.79. The Hall–Kier alpha value is -4.14. The molecule has 0 radical (unpaired) electrons. The lowest BCUT2D eigenvalue weighted by Crippen LogP contribution is -2.11. The highest BCUT2D eigenvalue weighted by Crippen LogP contribution is 2.22. The molecule has 0 aromatic heterocycles. The molecule has 6 nitrogen and oxygen atoms in total. The van der Waals surface area contributed by atoms with Crippen LogP contribution in [0, 0.1) is 0 Å². The van der Waals surface area contributed by atoms with E-state index < -0.39 is 11.9 Å². The van der Waals surface area contributed by atoms with Crippen LogP contribution in [0.2, 0.25) is 0 Å². The first-order valence-electron chi connectivity index (χ1n) is 12.3. The lowest BCUT2D eigenvalue weighted by molar-refractivity contribution is -0.131. The van der Waals surface area contributed by atoms with E-state index >= 15 is 0 Å². The van der Waals surface area contributed by atoms with E-state index in [1.54, 1.807) is 12.2 Å². The van der Waals surface area contributed by atoms with Gasteiger partial charge in [0.25, 0.3) is 0 Å². The van der Waals surface area contributed by atoms with Gasteiger partial charge in [-0.15, -0.1) is 0 Å². The summed E-state index contributed by atoms with van der Waals surface area (Å²) in [7, 11) is 0. The predicted molar refractivity (Wildman–Crippen MR) is 163 cm³/mol. The molecule has 5 rings (SSSR count). The molecule has 0 spiro atoms. The van der Waals surface area contributed by atoms with Crippen LogP contribution in [0.4, 0.5) is 0 Å². The van der Waals surface area contributed by atoms with E-state index in [1.165, 1.54) is 0 Å². The van der Waals surface area contributed by atoms with Gasteiger partial charge >= 0.3 is 11.9 Å². The van der Waals surface area contributed by atoms with Crippen LogP contribution in [0.1, 0.15) is 36.1 Å². The van der Waals surface area contributed by atoms with E-state index in [9.17, 15) is 9.59 Å². The molecule has 40 heavy (non-hydrogen) atoms. The van der Waals surface area contributed by atoms with Crippen LogP contribution < -0.4 is 0 Å². The molecule has 0 aliphatic carbocycles. The molecule has 0 unspecified atom stereocenters. The van der Waals surface area contributed by atoms with Gasteiger partial charge < -0.3 is 9.47 Å². The normalized spacial score (nSPS) is 17.7. The molecule has 0 N–H and O–H groups in total. The van der Waals surface area contributed by atoms with Crippen LogP contribution in [0.3, 0.4) is 0 Å². The largest absolute Gasteiger partial charge is 0.403 e. The van der Waals surface area contributed by atoms with E-state index in [0.717, 1.165) is 31.2 Å². The minimum atomic E-state index is -0.467. The zero-order valence-corrected chi connectivity index (χ0v) is 24.7. The molecule has 0 amide bonds. The Morgan fingerprint density at radius 2 is 0.950 bits per heavy atom. The quantitative estimate of drug-likeness (QED) is 0.254. The third kappa shape index (κ3) is 6.70. The molecular weight excluding hydrogens is 636 g/mol. The number of esters is 2. The Labute approximate surface area is 248 Å². The Kier molecular flexibility index (Phi) is 8.19. The van der Waals surface area contributed by atoms with Crippen molar-refractivity contribution in [3.63, 3.8) is 0 Å². The topological polar surface area (TPSA) is 77.3 Å². The number of allylic oxidation sites excluding steroid dienone is 4. The van der Waals surface area contributed by atoms with E-state index in [0.29, 0.717) is 11.1 Å². The highest BCUT2D eigenvalue weighted by Gasteiger charge is 2.25. The number of nitrogens with zero attached hydrogens (tertiary/aromatic N) is 2. The summed E-state index contributed by atoms with van der Waals surface area (Å²) in [5.41, 5.74) is 5.72. The number of halogens is 2. The maximum absolute atomic E-state index is 12.3. The highest BCUT2D eigenvalue weighted by atomic mass is 79.9. The maximum atomic E-state index is 12.3. The van der Waals surface area contributed by atoms with Gasteiger partial charge in [0.05, 0.1) is 0 Å². The number of rotatable bonds is 6. The van der Waals surface area contributed by atoms with Crippen molar-refractivity contribution < 1.29 is 19.1 Å². The maximum Gasteiger partial charge on any atom is 0.364 e. The summed E-state index contributed by atoms with van der Waals surface area (Å²) < 4.78 is 12.5. The minimum absolute atomic E-state index is 0.262. The summed E-state index contributed by atoms with van der Waals surface area (Å²) in [6.45, 7) is 3.84. The fourth-order valence-corrected chi connectivity index (χ4v) is 4.56. The standard InChI is InChI=1S/C32H22Br2N2O4/c1-19(17-27-35-29(31(37)39-27)23-7-11-25(33)12-8-23)15-21-3-5-22(6-4-21)16-20(2)18-28-36-30(32(38)40-28)24-9-13-26(34)14-10-24/h3-18H,1-2H3/b19-15+,20-16+,27-17-,28-18-. The number of carbonyl (C=O) groups excluding carboxylic acids is 2. The van der Waals surface area contributed by atoms with Crippen molar-refractivity contribution in [2.75, 3.05) is 0 Å². The second kappa shape index (κ2) is 11.9. The Bertz CT molecular complexity index is 1550. The van der Waals surface area contributed by atoms with Crippen molar-refractivity contribution in [3.05, 3.63) is 139 Å². The molecule has 2 aliphatic rings. The number of benzene rings is 3. The van der Waals surface area contributed by atoms with Crippen LogP contribution in [0.15, 0.2) is 127 Å². The van der Waals surface area contributed by atoms with Gasteiger partial charge in [-0.25, -0.2) is 19.6 Å². The highest BCUT2D eigenvalue weighted by molar-refractivity contribution is 9.10. The van der Waals surface area contributed by atoms with Gasteiger partial charge in [-0.1, -0.05) is 92.5 Å². The van der Waals surface area contributed by atoms with E-state index in [2.05, 4.69) is 41.8 Å². The number of ether oxygens (including phenoxy) is 2. The zero-order chi connectivity index (χ0) is 28.2. The molecule has 2 aliphatic heterocycles. The van der Waals surface area contributed by atoms with Gasteiger partial charge in [0, 0.05) is 32.2 Å². The Morgan fingerprint density at radius 3 is 1.30 bits per heavy atom. The number of hydrogen-bond donors (Lipinski definition) is 0. The summed E-state index contributed by atoms with van der Waals surface area (Å²) in [4.78, 5) is 33.3. The molecular formula is C32H22Br2N2O4. The molecule has 0 fully saturated rings. The van der Waals surface area contributed by atoms with Crippen LogP contribution >= 0.6 is 31.9 Å². The molecule has 2 heterocycles. The van der Waals surface area contributed by atoms with Gasteiger partial charge in [0.2, 0.25) is 11.8 Å². The summed E-state index contributed by atoms with van der Waals surface area (Å²) in [6.07, 6.45) is 7.43. The summed E-state index contributed by atoms with van der Waals surface area (Å²) in [5.74, 6) is -0.409. The fourth-order valence-electron chi connectivity index (χ4n) is 4.03. The second-order valence-electron chi connectivity index (χ2n) is 9.12. The third-order valence-electron chi connectivity index (χ3n) is 5.89. The van der Waals surface area contributed by atoms with Crippen LogP contribution in [-0.4, -0.2) is 23.4 Å². The van der Waals surface area contributed by atoms with Crippen LogP contribution in [0.25, 0.3) is 12.2 Å². The van der Waals surface area contributed by atoms with Crippen molar-refractivity contribution in [1.82, 2.24) is 0 Å². The summed E-state index contributed by atoms with van der Waals surface area (Å²) in [5, 5.41) is 0. The fraction of sp³-hybridized carbons (Fsp3) is 0.0625. The van der Waals surface area contributed by atoms with E-state index in [1.807, 2.05) is 98.8 Å². The molecule has 3 aromatic rings. The van der Waals surface area contributed by atoms with Gasteiger partial charge in [-0.05, 0) is 60.4 Å². The molecule has 0 atom stereocenters. The first-order chi connectivity index (χ1) is 19.2. The first-order valence-corrected chi connectivity index (χ1v) is 13.9.